The van der Waals surface area contributed by atoms with Crippen molar-refractivity contribution in [3.63, 3.8) is 0 Å². The van der Waals surface area contributed by atoms with Crippen LogP contribution >= 0.6 is 0 Å². The molecule has 0 amide bonds. The molecule has 0 bridgehead atoms. The molecule has 0 fully saturated rings. The van der Waals surface area contributed by atoms with Gasteiger partial charge in [0.1, 0.15) is 6.07 Å². The maximum atomic E-state index is 8.29. The Hall–Kier alpha value is -1.30. The maximum Gasteiger partial charge on any atom is 0.103 e. The highest BCUT2D eigenvalue weighted by molar-refractivity contribution is 5.82. The molecule has 0 saturated carbocycles. The first-order valence-electron chi connectivity index (χ1n) is 2.65. The number of hydrogen-bond donors (Lipinski definition) is 2. The molecule has 0 rings (SSSR count). The van der Waals surface area contributed by atoms with Gasteiger partial charge in [-0.2, -0.15) is 5.26 Å². The Balaban J connectivity index is 4.43. The molecule has 0 unspecified atom stereocenters. The average molecular weight is 123 g/mol. The fraction of sp³-hybridized carbons (Fsp3) is 0.333. The molecule has 0 aromatic carbocycles. The van der Waals surface area contributed by atoms with Gasteiger partial charge >= 0.3 is 0 Å². The summed E-state index contributed by atoms with van der Waals surface area (Å²) in [6, 6.07) is 1.81. The van der Waals surface area contributed by atoms with Crippen molar-refractivity contribution in [3.05, 3.63) is 11.3 Å². The Morgan fingerprint density at radius 3 is 2.56 bits per heavy atom. The molecule has 0 atom stereocenters. The largest absolute Gasteiger partial charge is 0.401 e. The van der Waals surface area contributed by atoms with Gasteiger partial charge in [-0.3, -0.25) is 0 Å². The molecule has 3 N–H and O–H groups in total. The molecule has 3 nitrogen and oxygen atoms in total. The first kappa shape index (κ1) is 7.70. The van der Waals surface area contributed by atoms with Gasteiger partial charge in [-0.25, -0.2) is 0 Å². The van der Waals surface area contributed by atoms with Crippen molar-refractivity contribution < 1.29 is 0 Å². The third kappa shape index (κ3) is 1.96. The summed E-state index contributed by atoms with van der Waals surface area (Å²) in [5.41, 5.74) is 6.08. The number of nitriles is 1. The van der Waals surface area contributed by atoms with Crippen molar-refractivity contribution in [2.24, 2.45) is 5.73 Å². The van der Waals surface area contributed by atoms with Crippen LogP contribution in [0.15, 0.2) is 11.3 Å². The van der Waals surface area contributed by atoms with Crippen molar-refractivity contribution >= 4 is 6.21 Å². The second-order valence-electron chi connectivity index (χ2n) is 1.55. The zero-order valence-corrected chi connectivity index (χ0v) is 5.31. The lowest BCUT2D eigenvalue weighted by atomic mass is 10.2. The van der Waals surface area contributed by atoms with E-state index in [0.717, 1.165) is 6.21 Å². The molecular weight excluding hydrogens is 114 g/mol. The number of hydrogen-bond acceptors (Lipinski definition) is 3. The van der Waals surface area contributed by atoms with E-state index in [2.05, 4.69) is 0 Å². The molecule has 0 spiro atoms. The summed E-state index contributed by atoms with van der Waals surface area (Å²) in [5.74, 6) is 0. The van der Waals surface area contributed by atoms with Crippen LogP contribution in [-0.2, 0) is 0 Å². The van der Waals surface area contributed by atoms with E-state index in [9.17, 15) is 0 Å². The molecular formula is C6H9N3. The molecule has 9 heavy (non-hydrogen) atoms. The van der Waals surface area contributed by atoms with Crippen molar-refractivity contribution in [1.82, 2.24) is 0 Å². The average Bonchev–Trinajstić information content (AvgIpc) is 1.90. The van der Waals surface area contributed by atoms with Gasteiger partial charge in [-0.05, 0) is 6.42 Å². The van der Waals surface area contributed by atoms with Crippen LogP contribution in [0.1, 0.15) is 13.3 Å². The van der Waals surface area contributed by atoms with Crippen molar-refractivity contribution in [2.45, 2.75) is 13.3 Å². The van der Waals surface area contributed by atoms with Crippen molar-refractivity contribution in [2.75, 3.05) is 0 Å². The summed E-state index contributed by atoms with van der Waals surface area (Å²) in [6.45, 7) is 1.84. The monoisotopic (exact) mass is 123 g/mol. The molecule has 48 valence electrons. The molecule has 3 heteroatoms. The Morgan fingerprint density at radius 1 is 1.89 bits per heavy atom. The lowest BCUT2D eigenvalue weighted by Crippen LogP contribution is -2.00. The van der Waals surface area contributed by atoms with Crippen molar-refractivity contribution in [3.8, 4) is 6.07 Å². The summed E-state index contributed by atoms with van der Waals surface area (Å²) >= 11 is 0. The lowest BCUT2D eigenvalue weighted by molar-refractivity contribution is 1.06. The summed E-state index contributed by atoms with van der Waals surface area (Å²) < 4.78 is 0. The molecule has 0 radical (unpaired) electrons. The van der Waals surface area contributed by atoms with Gasteiger partial charge in [0.05, 0.1) is 5.57 Å². The van der Waals surface area contributed by atoms with Gasteiger partial charge in [0, 0.05) is 11.9 Å². The quantitative estimate of drug-likeness (QED) is 0.420. The predicted octanol–water partition coefficient (Wildman–Crippen LogP) is 0.782. The number of nitrogens with two attached hydrogens (primary N) is 1. The molecule has 0 aromatic heterocycles. The topological polar surface area (TPSA) is 73.7 Å². The smallest absolute Gasteiger partial charge is 0.103 e. The Labute approximate surface area is 54.3 Å². The fourth-order valence-electron chi connectivity index (χ4n) is 0.387. The summed E-state index contributed by atoms with van der Waals surface area (Å²) in [7, 11) is 0. The molecule has 0 aliphatic heterocycles. The minimum Gasteiger partial charge on any atom is -0.401 e. The normalized spacial score (nSPS) is 11.6. The Kier molecular flexibility index (Phi) is 3.14. The van der Waals surface area contributed by atoms with Gasteiger partial charge in [0.25, 0.3) is 0 Å². The zero-order chi connectivity index (χ0) is 7.28. The highest BCUT2D eigenvalue weighted by Crippen LogP contribution is 1.96. The lowest BCUT2D eigenvalue weighted by Gasteiger charge is -1.93. The first-order chi connectivity index (χ1) is 4.26. The number of nitrogens with one attached hydrogen (secondary N) is 1. The third-order valence-corrected chi connectivity index (χ3v) is 0.992. The van der Waals surface area contributed by atoms with Gasteiger partial charge in [0.2, 0.25) is 0 Å². The SMILES string of the molecule is CC/C(N)=C(\C#N)C=N. The first-order valence-corrected chi connectivity index (χ1v) is 2.65. The van der Waals surface area contributed by atoms with E-state index in [1.54, 1.807) is 0 Å². The minimum atomic E-state index is 0.262. The van der Waals surface area contributed by atoms with Crippen molar-refractivity contribution in [1.29, 1.82) is 10.7 Å². The zero-order valence-electron chi connectivity index (χ0n) is 5.31. The van der Waals surface area contributed by atoms with Crippen LogP contribution in [0.2, 0.25) is 0 Å². The van der Waals surface area contributed by atoms with Crippen LogP contribution in [0.5, 0.6) is 0 Å². The molecule has 0 saturated heterocycles. The fourth-order valence-corrected chi connectivity index (χ4v) is 0.387. The molecule has 0 aliphatic carbocycles. The maximum absolute atomic E-state index is 8.29. The van der Waals surface area contributed by atoms with Crippen LogP contribution < -0.4 is 5.73 Å². The van der Waals surface area contributed by atoms with Crippen LogP contribution in [0.3, 0.4) is 0 Å². The van der Waals surface area contributed by atoms with E-state index in [1.165, 1.54) is 0 Å². The highest BCUT2D eigenvalue weighted by atomic mass is 14.6. The molecule has 0 aliphatic rings. The predicted molar refractivity (Wildman–Crippen MR) is 35.9 cm³/mol. The van der Waals surface area contributed by atoms with Crippen LogP contribution in [0.25, 0.3) is 0 Å². The molecule has 0 aromatic rings. The second-order valence-corrected chi connectivity index (χ2v) is 1.55. The van der Waals surface area contributed by atoms with Gasteiger partial charge < -0.3 is 11.1 Å². The Morgan fingerprint density at radius 2 is 2.44 bits per heavy atom. The number of allylic oxidation sites excluding steroid dienone is 2. The van der Waals surface area contributed by atoms with Gasteiger partial charge in [-0.15, -0.1) is 0 Å². The summed E-state index contributed by atoms with van der Waals surface area (Å²) in [4.78, 5) is 0. The Bertz CT molecular complexity index is 173. The van der Waals surface area contributed by atoms with Crippen LogP contribution in [-0.4, -0.2) is 6.21 Å². The van der Waals surface area contributed by atoms with Gasteiger partial charge in [-0.1, -0.05) is 6.92 Å². The van der Waals surface area contributed by atoms with Crippen LogP contribution in [0.4, 0.5) is 0 Å². The van der Waals surface area contributed by atoms with E-state index >= 15 is 0 Å². The van der Waals surface area contributed by atoms with Gasteiger partial charge in [0.15, 0.2) is 0 Å². The van der Waals surface area contributed by atoms with E-state index in [4.69, 9.17) is 16.4 Å². The third-order valence-electron chi connectivity index (χ3n) is 0.992. The van der Waals surface area contributed by atoms with E-state index in [0.29, 0.717) is 12.1 Å². The minimum absolute atomic E-state index is 0.262. The summed E-state index contributed by atoms with van der Waals surface area (Å²) in [5, 5.41) is 15.0. The van der Waals surface area contributed by atoms with E-state index in [1.807, 2.05) is 13.0 Å². The second kappa shape index (κ2) is 3.67. The number of rotatable bonds is 2. The number of nitrogens with zero attached hydrogens (tertiary/aromatic N) is 1. The van der Waals surface area contributed by atoms with Crippen LogP contribution in [0, 0.1) is 16.7 Å². The van der Waals surface area contributed by atoms with E-state index in [-0.39, 0.29) is 5.57 Å². The summed E-state index contributed by atoms with van der Waals surface area (Å²) in [6.07, 6.45) is 1.59. The van der Waals surface area contributed by atoms with E-state index < -0.39 is 0 Å². The molecule has 0 heterocycles. The highest BCUT2D eigenvalue weighted by Gasteiger charge is 1.93. The standard InChI is InChI=1S/C6H9N3/c1-2-6(9)5(3-7)4-8/h3,7H,2,9H2,1H3/b6-5+,7-3?.